The van der Waals surface area contributed by atoms with Crippen LogP contribution in [-0.4, -0.2) is 76.2 Å². The number of hydrogen-bond donors (Lipinski definition) is 5. The van der Waals surface area contributed by atoms with E-state index in [4.69, 9.17) is 5.73 Å². The molecule has 1 heterocycles. The number of carboxylic acid groups (broad SMARTS) is 1. The lowest BCUT2D eigenvalue weighted by Gasteiger charge is -2.38. The van der Waals surface area contributed by atoms with Crippen LogP contribution in [0.2, 0.25) is 0 Å². The van der Waals surface area contributed by atoms with Gasteiger partial charge >= 0.3 is 12.0 Å². The van der Waals surface area contributed by atoms with E-state index in [0.29, 0.717) is 19.4 Å². The number of rotatable bonds is 12. The molecule has 40 heavy (non-hydrogen) atoms. The minimum absolute atomic E-state index is 0.0529. The van der Waals surface area contributed by atoms with Gasteiger partial charge in [-0.3, -0.25) is 19.2 Å². The first-order chi connectivity index (χ1) is 18.4. The van der Waals surface area contributed by atoms with Gasteiger partial charge < -0.3 is 31.7 Å². The molecule has 4 unspecified atom stereocenters. The topological polar surface area (TPSA) is 188 Å². The van der Waals surface area contributed by atoms with Gasteiger partial charge in [0.05, 0.1) is 6.04 Å². The summed E-state index contributed by atoms with van der Waals surface area (Å²) in [6, 6.07) is -4.93. The number of hydrogen-bond acceptors (Lipinski definition) is 6. The highest BCUT2D eigenvalue weighted by molar-refractivity contribution is 6.37. The molecule has 12 nitrogen and oxygen atoms in total. The number of carbonyl (C=O) groups is 6. The minimum atomic E-state index is -1.17. The zero-order valence-corrected chi connectivity index (χ0v) is 24.6. The molecule has 0 spiro atoms. The first kappa shape index (κ1) is 31.3. The van der Waals surface area contributed by atoms with E-state index in [1.54, 1.807) is 27.7 Å². The Bertz CT molecular complexity index is 1060. The van der Waals surface area contributed by atoms with Crippen molar-refractivity contribution in [3.63, 3.8) is 0 Å². The number of carboxylic acids is 1. The fourth-order valence-electron chi connectivity index (χ4n) is 5.97. The highest BCUT2D eigenvalue weighted by Gasteiger charge is 2.70. The molecule has 0 aromatic carbocycles. The Kier molecular flexibility index (Phi) is 8.91. The molecule has 1 aliphatic heterocycles. The van der Waals surface area contributed by atoms with Gasteiger partial charge in [-0.15, -0.1) is 0 Å². The van der Waals surface area contributed by atoms with Crippen molar-refractivity contribution >= 4 is 35.5 Å². The third kappa shape index (κ3) is 6.58. The molecule has 3 aliphatic rings. The molecule has 12 heteroatoms. The third-order valence-electron chi connectivity index (χ3n) is 9.06. The average molecular weight is 564 g/mol. The number of nitrogens with two attached hydrogens (primary N) is 1. The van der Waals surface area contributed by atoms with Crippen molar-refractivity contribution in [2.24, 2.45) is 40.2 Å². The van der Waals surface area contributed by atoms with Gasteiger partial charge in [0.15, 0.2) is 0 Å². The minimum Gasteiger partial charge on any atom is -0.480 e. The van der Waals surface area contributed by atoms with Gasteiger partial charge in [-0.1, -0.05) is 67.7 Å². The van der Waals surface area contributed by atoms with Crippen molar-refractivity contribution in [3.8, 4) is 0 Å². The first-order valence-electron chi connectivity index (χ1n) is 14.2. The summed E-state index contributed by atoms with van der Waals surface area (Å²) in [5.74, 6) is -4.34. The van der Waals surface area contributed by atoms with E-state index in [2.05, 4.69) is 16.0 Å². The molecule has 0 bridgehead atoms. The molecular weight excluding hydrogens is 518 g/mol. The van der Waals surface area contributed by atoms with E-state index in [0.717, 1.165) is 12.8 Å². The van der Waals surface area contributed by atoms with Crippen LogP contribution in [0.15, 0.2) is 0 Å². The van der Waals surface area contributed by atoms with E-state index in [1.165, 1.54) is 4.90 Å². The fraction of sp³-hybridized carbons (Fsp3) is 0.786. The Morgan fingerprint density at radius 1 is 1.05 bits per heavy atom. The van der Waals surface area contributed by atoms with Crippen molar-refractivity contribution < 1.29 is 33.9 Å². The van der Waals surface area contributed by atoms with Crippen LogP contribution in [-0.2, 0) is 24.0 Å². The standard InChI is InChI=1S/C28H45N5O7/c1-8-13(2)18(25(38)39)31-26(40)32-21(27(3,4)5)24(37)33-12-15-17(28(15,6)7)19(33)23(36)30-16(11-14-9-10-14)20(34)22(29)35/h13-19,21H,8-12H2,1-7H3,(H2,29,35)(H,30,36)(H,38,39)(H2,31,32,40)/t13?,15-,16?,17?,18?,19-,21+/m0/s1. The maximum Gasteiger partial charge on any atom is 0.326 e. The lowest BCUT2D eigenvalue weighted by Crippen LogP contribution is -2.62. The molecular formula is C28H45N5O7. The number of Topliss-reactive ketones (excluding diaryl/α,β-unsaturated/α-hetero) is 1. The van der Waals surface area contributed by atoms with Crippen molar-refractivity contribution in [1.29, 1.82) is 0 Å². The smallest absolute Gasteiger partial charge is 0.326 e. The zero-order chi connectivity index (χ0) is 30.3. The fourth-order valence-corrected chi connectivity index (χ4v) is 5.97. The van der Waals surface area contributed by atoms with E-state index >= 15 is 0 Å². The normalized spacial score (nSPS) is 26.0. The number of amides is 5. The Balaban J connectivity index is 1.82. The summed E-state index contributed by atoms with van der Waals surface area (Å²) >= 11 is 0. The largest absolute Gasteiger partial charge is 0.480 e. The maximum absolute atomic E-state index is 14.0. The molecule has 5 amide bonds. The van der Waals surface area contributed by atoms with Crippen LogP contribution in [0, 0.1) is 34.5 Å². The first-order valence-corrected chi connectivity index (χ1v) is 14.2. The third-order valence-corrected chi connectivity index (χ3v) is 9.06. The number of primary amides is 1. The molecule has 2 aliphatic carbocycles. The predicted octanol–water partition coefficient (Wildman–Crippen LogP) is 1.02. The summed E-state index contributed by atoms with van der Waals surface area (Å²) in [7, 11) is 0. The second kappa shape index (κ2) is 11.4. The summed E-state index contributed by atoms with van der Waals surface area (Å²) in [5, 5.41) is 17.4. The Morgan fingerprint density at radius 2 is 1.65 bits per heavy atom. The molecule has 1 saturated heterocycles. The van der Waals surface area contributed by atoms with Crippen LogP contribution >= 0.6 is 0 Å². The van der Waals surface area contributed by atoms with Crippen LogP contribution in [0.5, 0.6) is 0 Å². The van der Waals surface area contributed by atoms with Crippen LogP contribution in [0.3, 0.4) is 0 Å². The van der Waals surface area contributed by atoms with Gasteiger partial charge in [0.2, 0.25) is 17.6 Å². The molecule has 6 N–H and O–H groups in total. The molecule has 0 aromatic rings. The quantitative estimate of drug-likeness (QED) is 0.219. The number of nitrogens with zero attached hydrogens (tertiary/aromatic N) is 1. The molecule has 7 atom stereocenters. The second-order valence-electron chi connectivity index (χ2n) is 13.5. The van der Waals surface area contributed by atoms with Crippen molar-refractivity contribution in [2.45, 2.75) is 98.3 Å². The van der Waals surface area contributed by atoms with Gasteiger partial charge in [0, 0.05) is 6.54 Å². The summed E-state index contributed by atoms with van der Waals surface area (Å²) in [6.45, 7) is 13.2. The molecule has 0 aromatic heterocycles. The molecule has 3 rings (SSSR count). The monoisotopic (exact) mass is 563 g/mol. The summed E-state index contributed by atoms with van der Waals surface area (Å²) in [4.78, 5) is 77.9. The van der Waals surface area contributed by atoms with Crippen molar-refractivity contribution in [2.75, 3.05) is 6.54 Å². The lowest BCUT2D eigenvalue weighted by molar-refractivity contribution is -0.145. The van der Waals surface area contributed by atoms with Crippen LogP contribution in [0.25, 0.3) is 0 Å². The average Bonchev–Trinajstić information content (AvgIpc) is 3.70. The van der Waals surface area contributed by atoms with Crippen LogP contribution in [0.1, 0.15) is 74.1 Å². The summed E-state index contributed by atoms with van der Waals surface area (Å²) < 4.78 is 0. The number of aliphatic carboxylic acids is 1. The number of nitrogens with one attached hydrogen (secondary N) is 3. The summed E-state index contributed by atoms with van der Waals surface area (Å²) in [6.07, 6.45) is 2.66. The number of fused-ring (bicyclic) bond motifs is 1. The van der Waals surface area contributed by atoms with E-state index in [1.807, 2.05) is 20.8 Å². The van der Waals surface area contributed by atoms with Gasteiger partial charge in [-0.25, -0.2) is 9.59 Å². The number of carbonyl (C=O) groups excluding carboxylic acids is 5. The number of likely N-dealkylation sites (tertiary alicyclic amines) is 1. The Hall–Kier alpha value is -3.18. The van der Waals surface area contributed by atoms with Crippen molar-refractivity contribution in [3.05, 3.63) is 0 Å². The maximum atomic E-state index is 14.0. The molecule has 3 fully saturated rings. The second-order valence-corrected chi connectivity index (χ2v) is 13.5. The van der Waals surface area contributed by atoms with Crippen molar-refractivity contribution in [1.82, 2.24) is 20.9 Å². The highest BCUT2D eigenvalue weighted by atomic mass is 16.4. The molecule has 224 valence electrons. The van der Waals surface area contributed by atoms with Gasteiger partial charge in [0.25, 0.3) is 5.91 Å². The Labute approximate surface area is 235 Å². The summed E-state index contributed by atoms with van der Waals surface area (Å²) in [5.41, 5.74) is 4.27. The zero-order valence-electron chi connectivity index (χ0n) is 24.6. The Morgan fingerprint density at radius 3 is 2.12 bits per heavy atom. The lowest BCUT2D eigenvalue weighted by atomic mass is 9.85. The van der Waals surface area contributed by atoms with Gasteiger partial charge in [0.1, 0.15) is 18.1 Å². The number of urea groups is 1. The van der Waals surface area contributed by atoms with Gasteiger partial charge in [-0.2, -0.15) is 0 Å². The van der Waals surface area contributed by atoms with Crippen LogP contribution in [0.4, 0.5) is 4.79 Å². The SMILES string of the molecule is CCC(C)C(NC(=O)N[C@H](C(=O)N1C[C@H]2C([C@H]1C(=O)NC(CC1CC1)C(=O)C(N)=O)C2(C)C)C(C)(C)C)C(=O)O. The molecule has 2 saturated carbocycles. The van der Waals surface area contributed by atoms with Gasteiger partial charge in [-0.05, 0) is 40.9 Å². The highest BCUT2D eigenvalue weighted by Crippen LogP contribution is 2.65. The number of piperidine rings is 1. The number of ketones is 1. The predicted molar refractivity (Wildman–Crippen MR) is 146 cm³/mol. The van der Waals surface area contributed by atoms with E-state index in [-0.39, 0.29) is 29.1 Å². The molecule has 0 radical (unpaired) electrons. The van der Waals surface area contributed by atoms with E-state index in [9.17, 15) is 33.9 Å². The van der Waals surface area contributed by atoms with E-state index < -0.39 is 65.1 Å². The van der Waals surface area contributed by atoms with Crippen LogP contribution < -0.4 is 21.7 Å².